The fraction of sp³-hybridized carbons (Fsp3) is 0.308. The molecule has 0 unspecified atom stereocenters. The van der Waals surface area contributed by atoms with Crippen LogP contribution in [0.4, 0.5) is 0 Å². The summed E-state index contributed by atoms with van der Waals surface area (Å²) in [6.07, 6.45) is 1.97. The van der Waals surface area contributed by atoms with E-state index < -0.39 is 0 Å². The molecule has 4 aromatic rings. The molecule has 2 aliphatic rings. The van der Waals surface area contributed by atoms with Gasteiger partial charge in [0.05, 0.1) is 6.04 Å². The van der Waals surface area contributed by atoms with Crippen LogP contribution in [0.15, 0.2) is 66.7 Å². The number of fused-ring (bicyclic) bond motifs is 2. The summed E-state index contributed by atoms with van der Waals surface area (Å²) in [6, 6.07) is 23.3. The van der Waals surface area contributed by atoms with E-state index in [-0.39, 0.29) is 18.2 Å². The van der Waals surface area contributed by atoms with Crippen LogP contribution in [0.25, 0.3) is 16.7 Å². The van der Waals surface area contributed by atoms with Crippen molar-refractivity contribution < 1.29 is 4.74 Å². The lowest BCUT2D eigenvalue weighted by atomic mass is 10.1. The lowest BCUT2D eigenvalue weighted by Crippen LogP contribution is -2.40. The minimum Gasteiger partial charge on any atom is -0.482 e. The molecule has 6 nitrogen and oxygen atoms in total. The Morgan fingerprint density at radius 2 is 1.72 bits per heavy atom. The van der Waals surface area contributed by atoms with E-state index in [4.69, 9.17) is 20.7 Å². The van der Waals surface area contributed by atoms with Crippen molar-refractivity contribution in [2.45, 2.75) is 38.0 Å². The van der Waals surface area contributed by atoms with Crippen LogP contribution in [0.5, 0.6) is 5.75 Å². The molecule has 162 valence electrons. The predicted octanol–water partition coefficient (Wildman–Crippen LogP) is 3.81. The van der Waals surface area contributed by atoms with Gasteiger partial charge in [-0.25, -0.2) is 0 Å². The molecule has 2 heterocycles. The van der Waals surface area contributed by atoms with Crippen molar-refractivity contribution in [1.82, 2.24) is 19.9 Å². The molecule has 32 heavy (non-hydrogen) atoms. The summed E-state index contributed by atoms with van der Waals surface area (Å²) in [7, 11) is 0. The number of rotatable bonds is 4. The van der Waals surface area contributed by atoms with Crippen LogP contribution in [0.2, 0.25) is 0 Å². The van der Waals surface area contributed by atoms with Gasteiger partial charge in [0, 0.05) is 19.1 Å². The zero-order valence-electron chi connectivity index (χ0n) is 18.2. The average molecular weight is 426 g/mol. The number of aryl methyl sites for hydroxylation is 1. The van der Waals surface area contributed by atoms with Crippen molar-refractivity contribution in [3.8, 4) is 11.4 Å². The van der Waals surface area contributed by atoms with Gasteiger partial charge in [-0.2, -0.15) is 0 Å². The maximum Gasteiger partial charge on any atom is 0.147 e. The van der Waals surface area contributed by atoms with Gasteiger partial charge in [0.25, 0.3) is 0 Å². The third-order valence-electron chi connectivity index (χ3n) is 6.74. The topological polar surface area (TPSA) is 69.2 Å². The highest BCUT2D eigenvalue weighted by atomic mass is 16.5. The van der Waals surface area contributed by atoms with E-state index in [9.17, 15) is 0 Å². The zero-order chi connectivity index (χ0) is 21.7. The molecule has 3 aromatic carbocycles. The molecule has 0 saturated carbocycles. The quantitative estimate of drug-likeness (QED) is 0.539. The molecular formula is C26H27N5O. The maximum absolute atomic E-state index is 6.82. The van der Waals surface area contributed by atoms with Crippen molar-refractivity contribution in [3.63, 3.8) is 0 Å². The molecule has 0 bridgehead atoms. The molecular weight excluding hydrogens is 398 g/mol. The van der Waals surface area contributed by atoms with E-state index >= 15 is 0 Å². The number of ether oxygens (including phenoxy) is 1. The molecule has 1 aliphatic carbocycles. The summed E-state index contributed by atoms with van der Waals surface area (Å²) in [5.74, 6) is 0.797. The van der Waals surface area contributed by atoms with Gasteiger partial charge in [0.1, 0.15) is 28.6 Å². The number of hydrogen-bond acceptors (Lipinski definition) is 5. The van der Waals surface area contributed by atoms with Gasteiger partial charge in [-0.05, 0) is 60.7 Å². The van der Waals surface area contributed by atoms with E-state index in [2.05, 4.69) is 48.2 Å². The molecule has 2 N–H and O–H groups in total. The van der Waals surface area contributed by atoms with Crippen LogP contribution in [-0.4, -0.2) is 45.1 Å². The fourth-order valence-electron chi connectivity index (χ4n) is 5.10. The van der Waals surface area contributed by atoms with Crippen molar-refractivity contribution in [3.05, 3.63) is 83.4 Å². The van der Waals surface area contributed by atoms with Crippen LogP contribution >= 0.6 is 0 Å². The molecule has 6 rings (SSSR count). The molecule has 0 radical (unpaired) electrons. The Labute approximate surface area is 187 Å². The van der Waals surface area contributed by atoms with Crippen LogP contribution < -0.4 is 10.5 Å². The summed E-state index contributed by atoms with van der Waals surface area (Å²) in [5.41, 5.74) is 12.6. The average Bonchev–Trinajstić information content (AvgIpc) is 3.51. The first-order valence-electron chi connectivity index (χ1n) is 11.3. The van der Waals surface area contributed by atoms with Crippen LogP contribution in [0.3, 0.4) is 0 Å². The Bertz CT molecular complexity index is 1250. The van der Waals surface area contributed by atoms with Gasteiger partial charge in [-0.3, -0.25) is 4.90 Å². The third-order valence-corrected chi connectivity index (χ3v) is 6.74. The highest BCUT2D eigenvalue weighted by Gasteiger charge is 2.40. The second-order valence-electron chi connectivity index (χ2n) is 9.00. The Hall–Kier alpha value is -3.22. The van der Waals surface area contributed by atoms with E-state index in [1.54, 1.807) is 4.80 Å². The minimum absolute atomic E-state index is 0.0528. The fourth-order valence-corrected chi connectivity index (χ4v) is 5.10. The highest BCUT2D eigenvalue weighted by Crippen LogP contribution is 2.40. The van der Waals surface area contributed by atoms with Crippen LogP contribution in [0.1, 0.15) is 29.2 Å². The Morgan fingerprint density at radius 3 is 2.47 bits per heavy atom. The second-order valence-corrected chi connectivity index (χ2v) is 9.00. The number of hydrogen-bond donors (Lipinski definition) is 1. The maximum atomic E-state index is 6.82. The molecule has 6 heteroatoms. The predicted molar refractivity (Wildman–Crippen MR) is 125 cm³/mol. The van der Waals surface area contributed by atoms with Gasteiger partial charge in [0.2, 0.25) is 0 Å². The summed E-state index contributed by atoms with van der Waals surface area (Å²) >= 11 is 0. The first-order valence-corrected chi connectivity index (χ1v) is 11.3. The summed E-state index contributed by atoms with van der Waals surface area (Å²) < 4.78 is 6.82. The molecule has 1 saturated heterocycles. The van der Waals surface area contributed by atoms with Crippen molar-refractivity contribution in [2.75, 3.05) is 13.1 Å². The highest BCUT2D eigenvalue weighted by molar-refractivity contribution is 5.73. The van der Waals surface area contributed by atoms with Crippen molar-refractivity contribution in [2.24, 2.45) is 5.73 Å². The number of benzene rings is 3. The third kappa shape index (κ3) is 3.36. The number of aromatic nitrogens is 3. The first kappa shape index (κ1) is 19.5. The summed E-state index contributed by atoms with van der Waals surface area (Å²) in [5, 5.41) is 9.42. The van der Waals surface area contributed by atoms with Crippen LogP contribution in [-0.2, 0) is 6.42 Å². The summed E-state index contributed by atoms with van der Waals surface area (Å²) in [4.78, 5) is 4.21. The molecule has 0 spiro atoms. The monoisotopic (exact) mass is 425 g/mol. The molecule has 1 aliphatic heterocycles. The SMILES string of the molecule is Cc1ccc(O[C@H]2c3ccccc3C[C@H]2N2CC[C@H](N)C2)c(-n2nc3ccccc3n2)c1. The van der Waals surface area contributed by atoms with E-state index in [1.165, 1.54) is 11.1 Å². The number of nitrogens with zero attached hydrogens (tertiary/aromatic N) is 4. The van der Waals surface area contributed by atoms with Gasteiger partial charge in [0.15, 0.2) is 0 Å². The van der Waals surface area contributed by atoms with Crippen molar-refractivity contribution in [1.29, 1.82) is 0 Å². The summed E-state index contributed by atoms with van der Waals surface area (Å²) in [6.45, 7) is 4.02. The number of nitrogens with two attached hydrogens (primary N) is 1. The lowest BCUT2D eigenvalue weighted by Gasteiger charge is -2.30. The number of likely N-dealkylation sites (tertiary alicyclic amines) is 1. The van der Waals surface area contributed by atoms with Gasteiger partial charge in [-0.15, -0.1) is 15.0 Å². The molecule has 1 fully saturated rings. The van der Waals surface area contributed by atoms with E-state index in [0.29, 0.717) is 0 Å². The Morgan fingerprint density at radius 1 is 0.969 bits per heavy atom. The Balaban J connectivity index is 1.40. The van der Waals surface area contributed by atoms with Crippen LogP contribution in [0, 0.1) is 6.92 Å². The lowest BCUT2D eigenvalue weighted by molar-refractivity contribution is 0.0930. The van der Waals surface area contributed by atoms with E-state index in [1.807, 2.05) is 30.3 Å². The second kappa shape index (κ2) is 7.73. The normalized spacial score (nSPS) is 23.0. The first-order chi connectivity index (χ1) is 15.7. The van der Waals surface area contributed by atoms with E-state index in [0.717, 1.165) is 54.0 Å². The largest absolute Gasteiger partial charge is 0.482 e. The molecule has 3 atom stereocenters. The molecule has 1 aromatic heterocycles. The van der Waals surface area contributed by atoms with Gasteiger partial charge >= 0.3 is 0 Å². The smallest absolute Gasteiger partial charge is 0.147 e. The van der Waals surface area contributed by atoms with Gasteiger partial charge in [-0.1, -0.05) is 42.5 Å². The minimum atomic E-state index is -0.0528. The zero-order valence-corrected chi connectivity index (χ0v) is 18.2. The molecule has 0 amide bonds. The van der Waals surface area contributed by atoms with Gasteiger partial charge < -0.3 is 10.5 Å². The Kier molecular flexibility index (Phi) is 4.70. The van der Waals surface area contributed by atoms with Crippen molar-refractivity contribution >= 4 is 11.0 Å². The standard InChI is InChI=1S/C26H27N5O/c1-17-10-11-25(23(14-17)31-28-21-8-4-5-9-22(21)29-31)32-26-20-7-3-2-6-18(20)15-24(26)30-13-12-19(27)16-30/h2-11,14,19,24,26H,12-13,15-16,27H2,1H3/t19-,24+,26-/m0/s1.